The fourth-order valence-electron chi connectivity index (χ4n) is 2.74. The molecule has 1 aliphatic heterocycles. The predicted octanol–water partition coefficient (Wildman–Crippen LogP) is 2.63. The summed E-state index contributed by atoms with van der Waals surface area (Å²) in [6, 6.07) is 12.8. The van der Waals surface area contributed by atoms with Crippen molar-refractivity contribution in [2.75, 3.05) is 41.8 Å². The van der Waals surface area contributed by atoms with Gasteiger partial charge >= 0.3 is 0 Å². The first-order valence-corrected chi connectivity index (χ1v) is 8.39. The van der Waals surface area contributed by atoms with Gasteiger partial charge in [0.05, 0.1) is 24.6 Å². The van der Waals surface area contributed by atoms with Crippen LogP contribution in [0.4, 0.5) is 21.5 Å². The minimum Gasteiger partial charge on any atom is -0.378 e. The van der Waals surface area contributed by atoms with Crippen molar-refractivity contribution in [3.63, 3.8) is 0 Å². The second-order valence-electron chi connectivity index (χ2n) is 5.90. The van der Waals surface area contributed by atoms with E-state index in [-0.39, 0.29) is 12.2 Å². The first kappa shape index (κ1) is 17.9. The van der Waals surface area contributed by atoms with E-state index in [9.17, 15) is 14.0 Å². The number of hydrogen-bond donors (Lipinski definition) is 2. The largest absolute Gasteiger partial charge is 0.378 e. The summed E-state index contributed by atoms with van der Waals surface area (Å²) >= 11 is 0. The van der Waals surface area contributed by atoms with Crippen LogP contribution in [0.2, 0.25) is 0 Å². The zero-order valence-electron chi connectivity index (χ0n) is 14.2. The summed E-state index contributed by atoms with van der Waals surface area (Å²) in [6.45, 7) is 2.78. The molecule has 0 spiro atoms. The maximum atomic E-state index is 12.9. The summed E-state index contributed by atoms with van der Waals surface area (Å²) in [5.41, 5.74) is 2.01. The maximum absolute atomic E-state index is 12.9. The van der Waals surface area contributed by atoms with Crippen LogP contribution < -0.4 is 15.5 Å². The molecule has 2 N–H and O–H groups in total. The van der Waals surface area contributed by atoms with Crippen LogP contribution in [0.25, 0.3) is 0 Å². The van der Waals surface area contributed by atoms with Crippen molar-refractivity contribution >= 4 is 28.9 Å². The van der Waals surface area contributed by atoms with Gasteiger partial charge in [0.2, 0.25) is 11.8 Å². The third-order valence-electron chi connectivity index (χ3n) is 3.98. The van der Waals surface area contributed by atoms with Gasteiger partial charge in [-0.3, -0.25) is 9.59 Å². The molecule has 2 aromatic rings. The number of nitrogens with one attached hydrogen (secondary N) is 2. The van der Waals surface area contributed by atoms with Crippen molar-refractivity contribution in [2.24, 2.45) is 0 Å². The highest BCUT2D eigenvalue weighted by Crippen LogP contribution is 2.26. The Labute approximate surface area is 150 Å². The lowest BCUT2D eigenvalue weighted by atomic mass is 10.2. The molecule has 0 saturated carbocycles. The van der Waals surface area contributed by atoms with Gasteiger partial charge < -0.3 is 20.3 Å². The Balaban J connectivity index is 1.59. The van der Waals surface area contributed by atoms with Crippen LogP contribution in [-0.4, -0.2) is 38.1 Å². The highest BCUT2D eigenvalue weighted by atomic mass is 19.1. The number of halogens is 1. The molecule has 0 aromatic heterocycles. The van der Waals surface area contributed by atoms with Gasteiger partial charge in [-0.25, -0.2) is 4.39 Å². The van der Waals surface area contributed by atoms with E-state index in [4.69, 9.17) is 4.74 Å². The lowest BCUT2D eigenvalue weighted by Gasteiger charge is -2.30. The molecular formula is C19H20FN3O3. The van der Waals surface area contributed by atoms with Crippen molar-refractivity contribution in [2.45, 2.75) is 6.42 Å². The minimum atomic E-state index is -0.460. The lowest BCUT2D eigenvalue weighted by Crippen LogP contribution is -2.36. The van der Waals surface area contributed by atoms with Gasteiger partial charge in [-0.15, -0.1) is 0 Å². The number of ether oxygens (including phenoxy) is 1. The Morgan fingerprint density at radius 1 is 0.962 bits per heavy atom. The van der Waals surface area contributed by atoms with E-state index < -0.39 is 11.8 Å². The molecule has 1 saturated heterocycles. The van der Waals surface area contributed by atoms with Gasteiger partial charge in [-0.05, 0) is 36.4 Å². The van der Waals surface area contributed by atoms with Crippen LogP contribution in [0, 0.1) is 5.82 Å². The predicted molar refractivity (Wildman–Crippen MR) is 97.8 cm³/mol. The Kier molecular flexibility index (Phi) is 5.80. The van der Waals surface area contributed by atoms with Crippen molar-refractivity contribution in [3.05, 3.63) is 54.3 Å². The molecule has 0 unspecified atom stereocenters. The molecule has 0 bridgehead atoms. The number of para-hydroxylation sites is 2. The van der Waals surface area contributed by atoms with Crippen molar-refractivity contribution in [3.8, 4) is 0 Å². The first-order chi connectivity index (χ1) is 12.6. The van der Waals surface area contributed by atoms with Gasteiger partial charge in [-0.2, -0.15) is 0 Å². The molecule has 1 heterocycles. The molecule has 2 aromatic carbocycles. The molecule has 1 aliphatic rings. The van der Waals surface area contributed by atoms with E-state index in [1.54, 1.807) is 6.07 Å². The quantitative estimate of drug-likeness (QED) is 0.807. The van der Waals surface area contributed by atoms with Gasteiger partial charge in [-0.1, -0.05) is 12.1 Å². The number of carbonyl (C=O) groups is 2. The third kappa shape index (κ3) is 4.80. The van der Waals surface area contributed by atoms with Crippen LogP contribution in [-0.2, 0) is 14.3 Å². The second-order valence-corrected chi connectivity index (χ2v) is 5.90. The molecule has 26 heavy (non-hydrogen) atoms. The zero-order valence-corrected chi connectivity index (χ0v) is 14.2. The molecule has 3 rings (SSSR count). The average molecular weight is 357 g/mol. The Bertz CT molecular complexity index is 774. The summed E-state index contributed by atoms with van der Waals surface area (Å²) in [6.07, 6.45) is -0.325. The highest BCUT2D eigenvalue weighted by Gasteiger charge is 2.17. The topological polar surface area (TPSA) is 70.7 Å². The van der Waals surface area contributed by atoms with E-state index in [2.05, 4.69) is 15.5 Å². The van der Waals surface area contributed by atoms with Gasteiger partial charge in [0.15, 0.2) is 0 Å². The maximum Gasteiger partial charge on any atom is 0.233 e. The molecule has 136 valence electrons. The number of amides is 2. The molecule has 1 fully saturated rings. The molecule has 6 nitrogen and oxygen atoms in total. The van der Waals surface area contributed by atoms with Crippen molar-refractivity contribution < 1.29 is 18.7 Å². The Morgan fingerprint density at radius 3 is 2.35 bits per heavy atom. The first-order valence-electron chi connectivity index (χ1n) is 8.39. The number of hydrogen-bond acceptors (Lipinski definition) is 4. The SMILES string of the molecule is O=C(CC(=O)Nc1ccccc1N1CCOCC1)Nc1ccc(F)cc1. The summed E-state index contributed by atoms with van der Waals surface area (Å²) in [5.74, 6) is -1.26. The van der Waals surface area contributed by atoms with Crippen LogP contribution in [0.5, 0.6) is 0 Å². The van der Waals surface area contributed by atoms with E-state index in [1.807, 2.05) is 18.2 Å². The molecular weight excluding hydrogens is 337 g/mol. The number of nitrogens with zero attached hydrogens (tertiary/aromatic N) is 1. The smallest absolute Gasteiger partial charge is 0.233 e. The van der Waals surface area contributed by atoms with Gasteiger partial charge in [0, 0.05) is 18.8 Å². The Hall–Kier alpha value is -2.93. The fraction of sp³-hybridized carbons (Fsp3) is 0.263. The summed E-state index contributed by atoms with van der Waals surface area (Å²) in [5, 5.41) is 5.36. The lowest BCUT2D eigenvalue weighted by molar-refractivity contribution is -0.123. The third-order valence-corrected chi connectivity index (χ3v) is 3.98. The molecule has 2 amide bonds. The zero-order chi connectivity index (χ0) is 18.4. The standard InChI is InChI=1S/C19H20FN3O3/c20-14-5-7-15(8-6-14)21-18(24)13-19(25)22-16-3-1-2-4-17(16)23-9-11-26-12-10-23/h1-8H,9-13H2,(H,21,24)(H,22,25). The van der Waals surface area contributed by atoms with E-state index in [0.717, 1.165) is 18.8 Å². The number of morpholine rings is 1. The van der Waals surface area contributed by atoms with Crippen molar-refractivity contribution in [1.82, 2.24) is 0 Å². The number of rotatable bonds is 5. The Morgan fingerprint density at radius 2 is 1.62 bits per heavy atom. The fourth-order valence-corrected chi connectivity index (χ4v) is 2.74. The highest BCUT2D eigenvalue weighted by molar-refractivity contribution is 6.08. The van der Waals surface area contributed by atoms with Gasteiger partial charge in [0.1, 0.15) is 12.2 Å². The number of carbonyl (C=O) groups excluding carboxylic acids is 2. The number of benzene rings is 2. The molecule has 0 aliphatic carbocycles. The summed E-state index contributed by atoms with van der Waals surface area (Å²) < 4.78 is 18.2. The van der Waals surface area contributed by atoms with E-state index in [1.165, 1.54) is 24.3 Å². The normalized spacial score (nSPS) is 14.0. The summed E-state index contributed by atoms with van der Waals surface area (Å²) in [7, 11) is 0. The average Bonchev–Trinajstić information content (AvgIpc) is 2.64. The monoisotopic (exact) mass is 357 g/mol. The molecule has 0 atom stereocenters. The second kappa shape index (κ2) is 8.44. The van der Waals surface area contributed by atoms with E-state index in [0.29, 0.717) is 24.6 Å². The van der Waals surface area contributed by atoms with Crippen LogP contribution in [0.15, 0.2) is 48.5 Å². The summed E-state index contributed by atoms with van der Waals surface area (Å²) in [4.78, 5) is 26.4. The van der Waals surface area contributed by atoms with Crippen molar-refractivity contribution in [1.29, 1.82) is 0 Å². The van der Waals surface area contributed by atoms with Crippen LogP contribution in [0.3, 0.4) is 0 Å². The molecule has 7 heteroatoms. The van der Waals surface area contributed by atoms with Crippen LogP contribution >= 0.6 is 0 Å². The number of anilines is 3. The molecule has 0 radical (unpaired) electrons. The minimum absolute atomic E-state index is 0.325. The van der Waals surface area contributed by atoms with E-state index >= 15 is 0 Å². The van der Waals surface area contributed by atoms with Gasteiger partial charge in [0.25, 0.3) is 0 Å². The van der Waals surface area contributed by atoms with Crippen LogP contribution in [0.1, 0.15) is 6.42 Å².